The predicted octanol–water partition coefficient (Wildman–Crippen LogP) is 2.88. The van der Waals surface area contributed by atoms with Gasteiger partial charge in [-0.1, -0.05) is 13.3 Å². The summed E-state index contributed by atoms with van der Waals surface area (Å²) in [4.78, 5) is 19.8. The lowest BCUT2D eigenvalue weighted by Crippen LogP contribution is -2.12. The number of hydrogen-bond donors (Lipinski definition) is 3. The van der Waals surface area contributed by atoms with Gasteiger partial charge < -0.3 is 20.9 Å². The molecule has 0 bridgehead atoms. The van der Waals surface area contributed by atoms with Crippen LogP contribution < -0.4 is 15.8 Å². The van der Waals surface area contributed by atoms with Crippen LogP contribution in [0.15, 0.2) is 18.2 Å². The van der Waals surface area contributed by atoms with Crippen LogP contribution >= 0.6 is 0 Å². The lowest BCUT2D eigenvalue weighted by Gasteiger charge is -2.15. The van der Waals surface area contributed by atoms with Crippen LogP contribution in [-0.2, 0) is 6.42 Å². The topological polar surface area (TPSA) is 110 Å². The molecular formula is C18H24N4O3. The normalized spacial score (nSPS) is 10.5. The Bertz CT molecular complexity index is 762. The molecule has 0 spiro atoms. The average molecular weight is 344 g/mol. The molecule has 7 heteroatoms. The first kappa shape index (κ1) is 18.5. The van der Waals surface area contributed by atoms with Crippen molar-refractivity contribution in [3.8, 4) is 5.75 Å². The Kier molecular flexibility index (Phi) is 6.16. The summed E-state index contributed by atoms with van der Waals surface area (Å²) in [5.74, 6) is 0.545. The van der Waals surface area contributed by atoms with E-state index in [0.717, 1.165) is 36.2 Å². The predicted molar refractivity (Wildman–Crippen MR) is 97.3 cm³/mol. The SMILES string of the molecule is CCCCNc1nc(N)nc(C)c1Cc1cc(C(=O)O)ccc1OC. The molecule has 1 aromatic heterocycles. The van der Waals surface area contributed by atoms with Crippen molar-refractivity contribution >= 4 is 17.7 Å². The highest BCUT2D eigenvalue weighted by molar-refractivity contribution is 5.88. The van der Waals surface area contributed by atoms with Gasteiger partial charge in [0, 0.05) is 24.2 Å². The van der Waals surface area contributed by atoms with Gasteiger partial charge in [0.1, 0.15) is 11.6 Å². The fourth-order valence-electron chi connectivity index (χ4n) is 2.60. The first-order valence-electron chi connectivity index (χ1n) is 8.23. The molecule has 4 N–H and O–H groups in total. The van der Waals surface area contributed by atoms with E-state index in [9.17, 15) is 9.90 Å². The summed E-state index contributed by atoms with van der Waals surface area (Å²) in [7, 11) is 1.56. The lowest BCUT2D eigenvalue weighted by atomic mass is 10.0. The molecule has 0 aliphatic heterocycles. The number of aryl methyl sites for hydroxylation is 1. The van der Waals surface area contributed by atoms with Crippen LogP contribution in [0, 0.1) is 6.92 Å². The zero-order chi connectivity index (χ0) is 18.4. The Morgan fingerprint density at radius 3 is 2.76 bits per heavy atom. The number of carbonyl (C=O) groups is 1. The van der Waals surface area contributed by atoms with Crippen LogP contribution in [0.4, 0.5) is 11.8 Å². The number of methoxy groups -OCH3 is 1. The van der Waals surface area contributed by atoms with E-state index in [2.05, 4.69) is 22.2 Å². The standard InChI is InChI=1S/C18H24N4O3/c1-4-5-8-20-16-14(11(2)21-18(19)22-16)10-13-9-12(17(23)24)6-7-15(13)25-3/h6-7,9H,4-5,8,10H2,1-3H3,(H,23,24)(H3,19,20,21,22). The molecule has 2 rings (SSSR count). The minimum absolute atomic E-state index is 0.213. The molecule has 0 radical (unpaired) electrons. The van der Waals surface area contributed by atoms with Crippen molar-refractivity contribution in [3.05, 3.63) is 40.6 Å². The van der Waals surface area contributed by atoms with Gasteiger partial charge in [-0.05, 0) is 37.1 Å². The lowest BCUT2D eigenvalue weighted by molar-refractivity contribution is 0.0696. The number of rotatable bonds is 8. The number of unbranched alkanes of at least 4 members (excludes halogenated alkanes) is 1. The minimum Gasteiger partial charge on any atom is -0.496 e. The van der Waals surface area contributed by atoms with Crippen molar-refractivity contribution in [2.24, 2.45) is 0 Å². The van der Waals surface area contributed by atoms with Crippen LogP contribution in [0.1, 0.15) is 46.9 Å². The Morgan fingerprint density at radius 1 is 1.36 bits per heavy atom. The van der Waals surface area contributed by atoms with Crippen molar-refractivity contribution < 1.29 is 14.6 Å². The summed E-state index contributed by atoms with van der Waals surface area (Å²) < 4.78 is 5.38. The van der Waals surface area contributed by atoms with Gasteiger partial charge in [-0.25, -0.2) is 9.78 Å². The van der Waals surface area contributed by atoms with Gasteiger partial charge in [0.05, 0.1) is 12.7 Å². The second-order valence-corrected chi connectivity index (χ2v) is 5.78. The van der Waals surface area contributed by atoms with Crippen LogP contribution in [0.2, 0.25) is 0 Å². The molecule has 0 atom stereocenters. The smallest absolute Gasteiger partial charge is 0.335 e. The molecule has 25 heavy (non-hydrogen) atoms. The highest BCUT2D eigenvalue weighted by Gasteiger charge is 2.15. The molecular weight excluding hydrogens is 320 g/mol. The molecule has 0 amide bonds. The number of nitrogens with one attached hydrogen (secondary N) is 1. The molecule has 0 aliphatic rings. The monoisotopic (exact) mass is 344 g/mol. The van der Waals surface area contributed by atoms with E-state index in [-0.39, 0.29) is 11.5 Å². The third-order valence-electron chi connectivity index (χ3n) is 3.95. The number of anilines is 2. The van der Waals surface area contributed by atoms with Gasteiger partial charge in [0.25, 0.3) is 0 Å². The average Bonchev–Trinajstić information content (AvgIpc) is 2.57. The van der Waals surface area contributed by atoms with Crippen molar-refractivity contribution in [3.63, 3.8) is 0 Å². The molecule has 0 saturated carbocycles. The van der Waals surface area contributed by atoms with E-state index in [1.54, 1.807) is 19.2 Å². The first-order chi connectivity index (χ1) is 12.0. The van der Waals surface area contributed by atoms with Crippen LogP contribution in [0.25, 0.3) is 0 Å². The quantitative estimate of drug-likeness (QED) is 0.631. The van der Waals surface area contributed by atoms with Crippen LogP contribution in [0.5, 0.6) is 5.75 Å². The minimum atomic E-state index is -0.976. The zero-order valence-electron chi connectivity index (χ0n) is 14.8. The largest absolute Gasteiger partial charge is 0.496 e. The Hall–Kier alpha value is -2.83. The maximum absolute atomic E-state index is 11.3. The molecule has 1 heterocycles. The highest BCUT2D eigenvalue weighted by Crippen LogP contribution is 2.27. The van der Waals surface area contributed by atoms with E-state index in [4.69, 9.17) is 10.5 Å². The van der Waals surface area contributed by atoms with Gasteiger partial charge in [-0.2, -0.15) is 4.98 Å². The Balaban J connectivity index is 2.42. The Morgan fingerprint density at radius 2 is 2.12 bits per heavy atom. The van der Waals surface area contributed by atoms with Crippen molar-refractivity contribution in [2.75, 3.05) is 24.7 Å². The van der Waals surface area contributed by atoms with Crippen molar-refractivity contribution in [2.45, 2.75) is 33.1 Å². The number of aromatic nitrogens is 2. The van der Waals surface area contributed by atoms with Gasteiger partial charge in [0.2, 0.25) is 5.95 Å². The van der Waals surface area contributed by atoms with Crippen molar-refractivity contribution in [1.82, 2.24) is 9.97 Å². The summed E-state index contributed by atoms with van der Waals surface area (Å²) >= 11 is 0. The number of carboxylic acids is 1. The zero-order valence-corrected chi connectivity index (χ0v) is 14.8. The summed E-state index contributed by atoms with van der Waals surface area (Å²) in [6.07, 6.45) is 2.53. The molecule has 1 aromatic carbocycles. The van der Waals surface area contributed by atoms with Crippen molar-refractivity contribution in [1.29, 1.82) is 0 Å². The highest BCUT2D eigenvalue weighted by atomic mass is 16.5. The fourth-order valence-corrected chi connectivity index (χ4v) is 2.60. The van der Waals surface area contributed by atoms with Gasteiger partial charge in [0.15, 0.2) is 0 Å². The third kappa shape index (κ3) is 4.59. The number of nitrogens with zero attached hydrogens (tertiary/aromatic N) is 2. The van der Waals surface area contributed by atoms with E-state index < -0.39 is 5.97 Å². The van der Waals surface area contributed by atoms with E-state index >= 15 is 0 Å². The second-order valence-electron chi connectivity index (χ2n) is 5.78. The summed E-state index contributed by atoms with van der Waals surface area (Å²) in [6, 6.07) is 4.81. The van der Waals surface area contributed by atoms with Gasteiger partial charge >= 0.3 is 5.97 Å². The number of hydrogen-bond acceptors (Lipinski definition) is 6. The molecule has 134 valence electrons. The second kappa shape index (κ2) is 8.32. The van der Waals surface area contributed by atoms with Crippen LogP contribution in [-0.4, -0.2) is 34.7 Å². The number of ether oxygens (including phenoxy) is 1. The third-order valence-corrected chi connectivity index (χ3v) is 3.95. The number of nitrogens with two attached hydrogens (primary N) is 1. The maximum atomic E-state index is 11.3. The van der Waals surface area contributed by atoms with Gasteiger partial charge in [-0.15, -0.1) is 0 Å². The van der Waals surface area contributed by atoms with E-state index in [1.807, 2.05) is 6.92 Å². The molecule has 2 aromatic rings. The summed E-state index contributed by atoms with van der Waals surface area (Å²) in [5.41, 5.74) is 8.40. The molecule has 0 unspecified atom stereocenters. The Labute approximate surface area is 147 Å². The first-order valence-corrected chi connectivity index (χ1v) is 8.23. The molecule has 7 nitrogen and oxygen atoms in total. The fraction of sp³-hybridized carbons (Fsp3) is 0.389. The molecule has 0 saturated heterocycles. The summed E-state index contributed by atoms with van der Waals surface area (Å²) in [6.45, 7) is 4.77. The number of nitrogen functional groups attached to an aromatic ring is 1. The van der Waals surface area contributed by atoms with Gasteiger partial charge in [-0.3, -0.25) is 0 Å². The summed E-state index contributed by atoms with van der Waals surface area (Å²) in [5, 5.41) is 12.5. The van der Waals surface area contributed by atoms with Crippen LogP contribution in [0.3, 0.4) is 0 Å². The molecule has 0 fully saturated rings. The number of aromatic carboxylic acids is 1. The molecule has 0 aliphatic carbocycles. The maximum Gasteiger partial charge on any atom is 0.335 e. The number of benzene rings is 1. The van der Waals surface area contributed by atoms with E-state index in [1.165, 1.54) is 6.07 Å². The number of carboxylic acid groups (broad SMARTS) is 1. The van der Waals surface area contributed by atoms with E-state index in [0.29, 0.717) is 18.0 Å².